The van der Waals surface area contributed by atoms with Crippen LogP contribution < -0.4 is 23.7 Å². The number of benzene rings is 2. The van der Waals surface area contributed by atoms with Crippen molar-refractivity contribution < 1.29 is 38.0 Å². The van der Waals surface area contributed by atoms with Crippen molar-refractivity contribution in [2.75, 3.05) is 42.2 Å². The maximum atomic E-state index is 12.5. The van der Waals surface area contributed by atoms with E-state index in [0.717, 1.165) is 0 Å². The van der Waals surface area contributed by atoms with Gasteiger partial charge in [-0.25, -0.2) is 4.79 Å². The molecule has 0 aliphatic rings. The van der Waals surface area contributed by atoms with Gasteiger partial charge in [0.05, 0.1) is 40.6 Å². The Balaban J connectivity index is 2.08. The molecule has 0 aromatic heterocycles. The van der Waals surface area contributed by atoms with Crippen LogP contribution in [0.25, 0.3) is 6.08 Å². The monoisotopic (exact) mass is 450 g/mol. The van der Waals surface area contributed by atoms with E-state index in [-0.39, 0.29) is 5.56 Å². The molecule has 2 aromatic carbocycles. The Morgan fingerprint density at radius 3 is 1.87 bits per heavy atom. The minimum Gasteiger partial charge on any atom is -0.493 e. The highest BCUT2D eigenvalue weighted by Gasteiger charge is 2.18. The predicted octanol–water partition coefficient (Wildman–Crippen LogP) is 3.82. The first-order valence-electron chi connectivity index (χ1n) is 8.98. The van der Waals surface area contributed by atoms with Gasteiger partial charge in [0.2, 0.25) is 11.5 Å². The number of Topliss-reactive ketones (excluding diaryl/α,β-unsaturated/α-hetero) is 1. The summed E-state index contributed by atoms with van der Waals surface area (Å²) in [5, 5.41) is 0.326. The molecule has 0 radical (unpaired) electrons. The van der Waals surface area contributed by atoms with Crippen LogP contribution in [-0.4, -0.2) is 53.9 Å². The van der Waals surface area contributed by atoms with E-state index in [1.165, 1.54) is 59.8 Å². The van der Waals surface area contributed by atoms with Crippen molar-refractivity contribution in [3.8, 4) is 28.7 Å². The lowest BCUT2D eigenvalue weighted by Crippen LogP contribution is -2.13. The summed E-state index contributed by atoms with van der Waals surface area (Å²) in [5.41, 5.74) is 0.841. The lowest BCUT2D eigenvalue weighted by Gasteiger charge is -2.13. The molecule has 0 atom stereocenters. The Hall–Kier alpha value is -3.39. The summed E-state index contributed by atoms with van der Waals surface area (Å²) in [5.74, 6) is 0.667. The number of carbonyl (C=O) groups is 2. The largest absolute Gasteiger partial charge is 0.493 e. The van der Waals surface area contributed by atoms with Crippen LogP contribution in [0.1, 0.15) is 15.9 Å². The summed E-state index contributed by atoms with van der Waals surface area (Å²) in [7, 11) is 7.29. The fourth-order valence-electron chi connectivity index (χ4n) is 2.71. The fourth-order valence-corrected chi connectivity index (χ4v) is 3.00. The molecule has 0 saturated carbocycles. The van der Waals surface area contributed by atoms with Crippen molar-refractivity contribution >= 4 is 29.4 Å². The van der Waals surface area contributed by atoms with Gasteiger partial charge in [0.15, 0.2) is 29.6 Å². The molecular weight excluding hydrogens is 428 g/mol. The van der Waals surface area contributed by atoms with Gasteiger partial charge in [0.1, 0.15) is 0 Å². The smallest absolute Gasteiger partial charge is 0.331 e. The molecule has 9 heteroatoms. The van der Waals surface area contributed by atoms with Crippen LogP contribution in [0.5, 0.6) is 28.7 Å². The lowest BCUT2D eigenvalue weighted by molar-refractivity contribution is -0.136. The SMILES string of the molecule is COc1cc(/C=C/C(=O)OCC(=O)c2cc(OC)c(OC)c(OC)c2)cc(Cl)c1OC. The summed E-state index contributed by atoms with van der Waals surface area (Å²) in [6.07, 6.45) is 2.67. The van der Waals surface area contributed by atoms with Gasteiger partial charge in [-0.2, -0.15) is 0 Å². The molecule has 2 rings (SSSR count). The molecule has 0 amide bonds. The molecule has 0 aliphatic heterocycles. The standard InChI is InChI=1S/C22H23ClO8/c1-26-17-9-13(8-15(23)21(17)29-4)6-7-20(25)31-12-16(24)14-10-18(27-2)22(30-5)19(11-14)28-3/h6-11H,12H2,1-5H3/b7-6+. The molecule has 8 nitrogen and oxygen atoms in total. The Morgan fingerprint density at radius 1 is 0.806 bits per heavy atom. The Kier molecular flexibility index (Phi) is 8.57. The molecule has 166 valence electrons. The molecule has 0 bridgehead atoms. The molecular formula is C22H23ClO8. The number of rotatable bonds is 10. The normalized spacial score (nSPS) is 10.5. The first-order chi connectivity index (χ1) is 14.9. The van der Waals surface area contributed by atoms with E-state index in [0.29, 0.717) is 39.3 Å². The summed E-state index contributed by atoms with van der Waals surface area (Å²) in [6, 6.07) is 6.22. The van der Waals surface area contributed by atoms with Gasteiger partial charge < -0.3 is 28.4 Å². The zero-order valence-corrected chi connectivity index (χ0v) is 18.6. The molecule has 0 N–H and O–H groups in total. The number of hydrogen-bond acceptors (Lipinski definition) is 8. The average molecular weight is 451 g/mol. The quantitative estimate of drug-likeness (QED) is 0.306. The molecule has 0 unspecified atom stereocenters. The van der Waals surface area contributed by atoms with E-state index < -0.39 is 18.4 Å². The Labute approximate surface area is 185 Å². The summed E-state index contributed by atoms with van der Waals surface area (Å²) < 4.78 is 31.1. The topological polar surface area (TPSA) is 89.5 Å². The van der Waals surface area contributed by atoms with E-state index in [4.69, 9.17) is 40.0 Å². The number of halogens is 1. The van der Waals surface area contributed by atoms with Crippen molar-refractivity contribution in [3.05, 3.63) is 46.5 Å². The molecule has 0 heterocycles. The van der Waals surface area contributed by atoms with Crippen molar-refractivity contribution in [3.63, 3.8) is 0 Å². The summed E-state index contributed by atoms with van der Waals surface area (Å²) in [6.45, 7) is -0.464. The zero-order valence-electron chi connectivity index (χ0n) is 17.8. The minimum absolute atomic E-state index is 0.248. The molecule has 0 fully saturated rings. The highest BCUT2D eigenvalue weighted by molar-refractivity contribution is 6.32. The maximum absolute atomic E-state index is 12.5. The van der Waals surface area contributed by atoms with Crippen LogP contribution in [0.2, 0.25) is 5.02 Å². The van der Waals surface area contributed by atoms with Crippen LogP contribution in [-0.2, 0) is 9.53 Å². The second-order valence-electron chi connectivity index (χ2n) is 6.02. The van der Waals surface area contributed by atoms with Gasteiger partial charge in [-0.15, -0.1) is 0 Å². The van der Waals surface area contributed by atoms with Gasteiger partial charge >= 0.3 is 5.97 Å². The van der Waals surface area contributed by atoms with Crippen molar-refractivity contribution in [2.24, 2.45) is 0 Å². The third-order valence-electron chi connectivity index (χ3n) is 4.20. The van der Waals surface area contributed by atoms with Gasteiger partial charge in [-0.1, -0.05) is 11.6 Å². The van der Waals surface area contributed by atoms with Gasteiger partial charge in [-0.3, -0.25) is 4.79 Å². The molecule has 0 aliphatic carbocycles. The van der Waals surface area contributed by atoms with Crippen LogP contribution in [0, 0.1) is 0 Å². The summed E-state index contributed by atoms with van der Waals surface area (Å²) >= 11 is 6.14. The van der Waals surface area contributed by atoms with E-state index in [9.17, 15) is 9.59 Å². The van der Waals surface area contributed by atoms with E-state index >= 15 is 0 Å². The van der Waals surface area contributed by atoms with Crippen LogP contribution in [0.4, 0.5) is 0 Å². The van der Waals surface area contributed by atoms with Crippen molar-refractivity contribution in [2.45, 2.75) is 0 Å². The summed E-state index contributed by atoms with van der Waals surface area (Å²) in [4.78, 5) is 24.5. The van der Waals surface area contributed by atoms with Crippen LogP contribution in [0.15, 0.2) is 30.3 Å². The van der Waals surface area contributed by atoms with Crippen LogP contribution in [0.3, 0.4) is 0 Å². The Bertz CT molecular complexity index is 959. The molecule has 0 saturated heterocycles. The molecule has 0 spiro atoms. The number of esters is 1. The van der Waals surface area contributed by atoms with Gasteiger partial charge in [0.25, 0.3) is 0 Å². The fraction of sp³-hybridized carbons (Fsp3) is 0.273. The molecule has 2 aromatic rings. The maximum Gasteiger partial charge on any atom is 0.331 e. The van der Waals surface area contributed by atoms with Crippen molar-refractivity contribution in [1.29, 1.82) is 0 Å². The second kappa shape index (κ2) is 11.1. The van der Waals surface area contributed by atoms with Crippen molar-refractivity contribution in [1.82, 2.24) is 0 Å². The van der Waals surface area contributed by atoms with E-state index in [1.54, 1.807) is 12.1 Å². The number of ether oxygens (including phenoxy) is 6. The minimum atomic E-state index is -0.702. The first kappa shape index (κ1) is 23.9. The average Bonchev–Trinajstić information content (AvgIpc) is 2.79. The highest BCUT2D eigenvalue weighted by atomic mass is 35.5. The van der Waals surface area contributed by atoms with E-state index in [2.05, 4.69) is 0 Å². The third kappa shape index (κ3) is 5.82. The Morgan fingerprint density at radius 2 is 1.35 bits per heavy atom. The second-order valence-corrected chi connectivity index (χ2v) is 6.42. The first-order valence-corrected chi connectivity index (χ1v) is 9.35. The predicted molar refractivity (Wildman–Crippen MR) is 115 cm³/mol. The molecule has 31 heavy (non-hydrogen) atoms. The van der Waals surface area contributed by atoms with Gasteiger partial charge in [0, 0.05) is 11.6 Å². The number of methoxy groups -OCH3 is 5. The highest BCUT2D eigenvalue weighted by Crippen LogP contribution is 2.38. The number of carbonyl (C=O) groups excluding carboxylic acids is 2. The van der Waals surface area contributed by atoms with Gasteiger partial charge in [-0.05, 0) is 35.9 Å². The lowest BCUT2D eigenvalue weighted by atomic mass is 10.1. The zero-order chi connectivity index (χ0) is 23.0. The van der Waals surface area contributed by atoms with Crippen LogP contribution >= 0.6 is 11.6 Å². The number of hydrogen-bond donors (Lipinski definition) is 0. The van der Waals surface area contributed by atoms with E-state index in [1.807, 2.05) is 0 Å². The number of ketones is 1. The third-order valence-corrected chi connectivity index (χ3v) is 4.48.